The fourth-order valence-corrected chi connectivity index (χ4v) is 4.65. The van der Waals surface area contributed by atoms with Gasteiger partial charge in [-0.1, -0.05) is 29.0 Å². The lowest BCUT2D eigenvalue weighted by molar-refractivity contribution is 0.0988. The van der Waals surface area contributed by atoms with Gasteiger partial charge in [-0.2, -0.15) is 0 Å². The molecule has 1 amide bonds. The molecule has 2 aromatic heterocycles. The summed E-state index contributed by atoms with van der Waals surface area (Å²) < 4.78 is 6.81. The molecular formula is C21H18ClN3O2S2. The van der Waals surface area contributed by atoms with E-state index in [0.717, 1.165) is 20.9 Å². The average Bonchev–Trinajstić information content (AvgIpc) is 3.32. The van der Waals surface area contributed by atoms with Gasteiger partial charge in [-0.05, 0) is 50.2 Å². The number of thiazole rings is 2. The molecule has 0 aliphatic heterocycles. The number of amides is 1. The molecule has 0 bridgehead atoms. The number of carbonyl (C=O) groups excluding carboxylic acids is 1. The van der Waals surface area contributed by atoms with E-state index in [4.69, 9.17) is 16.3 Å². The van der Waals surface area contributed by atoms with Crippen molar-refractivity contribution in [1.29, 1.82) is 0 Å². The van der Waals surface area contributed by atoms with Gasteiger partial charge in [-0.3, -0.25) is 9.69 Å². The number of benzene rings is 2. The number of anilines is 1. The second-order valence-electron chi connectivity index (χ2n) is 6.33. The predicted octanol–water partition coefficient (Wildman–Crippen LogP) is 5.96. The summed E-state index contributed by atoms with van der Waals surface area (Å²) >= 11 is 9.12. The third-order valence-electron chi connectivity index (χ3n) is 4.26. The second-order valence-corrected chi connectivity index (χ2v) is 8.84. The van der Waals surface area contributed by atoms with Crippen LogP contribution in [0, 0.1) is 6.92 Å². The number of halogens is 1. The molecular weight excluding hydrogens is 426 g/mol. The van der Waals surface area contributed by atoms with Gasteiger partial charge in [0.25, 0.3) is 5.91 Å². The molecule has 0 N–H and O–H groups in total. The third kappa shape index (κ3) is 4.42. The average molecular weight is 444 g/mol. The maximum atomic E-state index is 13.2. The van der Waals surface area contributed by atoms with Crippen molar-refractivity contribution in [2.24, 2.45) is 0 Å². The maximum absolute atomic E-state index is 13.2. The first-order valence-corrected chi connectivity index (χ1v) is 11.1. The summed E-state index contributed by atoms with van der Waals surface area (Å²) in [4.78, 5) is 23.8. The van der Waals surface area contributed by atoms with Crippen LogP contribution in [0.1, 0.15) is 28.0 Å². The monoisotopic (exact) mass is 443 g/mol. The molecule has 0 aliphatic carbocycles. The topological polar surface area (TPSA) is 55.3 Å². The van der Waals surface area contributed by atoms with Gasteiger partial charge in [-0.25, -0.2) is 9.97 Å². The molecule has 8 heteroatoms. The van der Waals surface area contributed by atoms with Crippen LogP contribution in [0.2, 0.25) is 5.02 Å². The van der Waals surface area contributed by atoms with Crippen LogP contribution in [-0.2, 0) is 6.61 Å². The lowest BCUT2D eigenvalue weighted by Gasteiger charge is -2.18. The molecule has 5 nitrogen and oxygen atoms in total. The molecule has 2 heterocycles. The third-order valence-corrected chi connectivity index (χ3v) is 6.38. The van der Waals surface area contributed by atoms with Gasteiger partial charge in [0.05, 0.1) is 20.9 Å². The molecule has 0 radical (unpaired) electrons. The lowest BCUT2D eigenvalue weighted by Crippen LogP contribution is -2.30. The van der Waals surface area contributed by atoms with Gasteiger partial charge in [0.2, 0.25) is 0 Å². The normalized spacial score (nSPS) is 11.0. The standard InChI is InChI=1S/C21H18ClN3O2S2/c1-3-25(21-24-18-10-15(22)7-8-19(18)29-21)20(26)14-5-4-6-17(9-14)27-11-16-12-28-13(2)23-16/h4-10,12H,3,11H2,1-2H3. The minimum absolute atomic E-state index is 0.118. The fourth-order valence-electron chi connectivity index (χ4n) is 2.88. The Hall–Kier alpha value is -2.48. The van der Waals surface area contributed by atoms with Crippen LogP contribution in [0.4, 0.5) is 5.13 Å². The van der Waals surface area contributed by atoms with Crippen molar-refractivity contribution >= 4 is 55.5 Å². The van der Waals surface area contributed by atoms with E-state index in [0.29, 0.717) is 34.6 Å². The zero-order valence-corrected chi connectivity index (χ0v) is 18.3. The number of aryl methyl sites for hydroxylation is 1. The molecule has 29 heavy (non-hydrogen) atoms. The number of rotatable bonds is 6. The Morgan fingerprint density at radius 1 is 1.21 bits per heavy atom. The van der Waals surface area contributed by atoms with Gasteiger partial charge in [-0.15, -0.1) is 11.3 Å². The highest BCUT2D eigenvalue weighted by atomic mass is 35.5. The number of ether oxygens (including phenoxy) is 1. The lowest BCUT2D eigenvalue weighted by atomic mass is 10.2. The molecule has 4 rings (SSSR count). The molecule has 0 saturated carbocycles. The Kier molecular flexibility index (Phi) is 5.80. The van der Waals surface area contributed by atoms with Gasteiger partial charge in [0.1, 0.15) is 12.4 Å². The van der Waals surface area contributed by atoms with Gasteiger partial charge in [0.15, 0.2) is 5.13 Å². The molecule has 0 saturated heterocycles. The molecule has 0 atom stereocenters. The SMILES string of the molecule is CCN(C(=O)c1cccc(OCc2csc(C)n2)c1)c1nc2cc(Cl)ccc2s1. The molecule has 0 aliphatic rings. The van der Waals surface area contributed by atoms with E-state index in [1.807, 2.05) is 49.6 Å². The fraction of sp³-hybridized carbons (Fsp3) is 0.190. The van der Waals surface area contributed by atoms with Crippen molar-refractivity contribution in [3.8, 4) is 5.75 Å². The van der Waals surface area contributed by atoms with Crippen LogP contribution in [-0.4, -0.2) is 22.4 Å². The Balaban J connectivity index is 1.55. The molecule has 148 valence electrons. The first kappa shape index (κ1) is 19.8. The molecule has 0 unspecified atom stereocenters. The summed E-state index contributed by atoms with van der Waals surface area (Å²) in [6, 6.07) is 12.8. The highest BCUT2D eigenvalue weighted by molar-refractivity contribution is 7.22. The highest BCUT2D eigenvalue weighted by Gasteiger charge is 2.20. The Morgan fingerprint density at radius 2 is 2.07 bits per heavy atom. The largest absolute Gasteiger partial charge is 0.487 e. The van der Waals surface area contributed by atoms with Crippen LogP contribution in [0.25, 0.3) is 10.2 Å². The number of hydrogen-bond acceptors (Lipinski definition) is 6. The number of carbonyl (C=O) groups is 1. The van der Waals surface area contributed by atoms with Crippen molar-refractivity contribution in [3.05, 3.63) is 69.1 Å². The van der Waals surface area contributed by atoms with E-state index >= 15 is 0 Å². The Morgan fingerprint density at radius 3 is 2.83 bits per heavy atom. The van der Waals surface area contributed by atoms with Crippen LogP contribution in [0.15, 0.2) is 47.8 Å². The van der Waals surface area contributed by atoms with E-state index in [-0.39, 0.29) is 5.91 Å². The maximum Gasteiger partial charge on any atom is 0.260 e. The Bertz CT molecular complexity index is 1170. The molecule has 2 aromatic carbocycles. The summed E-state index contributed by atoms with van der Waals surface area (Å²) in [6.07, 6.45) is 0. The summed E-state index contributed by atoms with van der Waals surface area (Å²) in [7, 11) is 0. The highest BCUT2D eigenvalue weighted by Crippen LogP contribution is 2.31. The summed E-state index contributed by atoms with van der Waals surface area (Å²) in [5.41, 5.74) is 2.23. The number of hydrogen-bond donors (Lipinski definition) is 0. The first-order chi connectivity index (χ1) is 14.0. The summed E-state index contributed by atoms with van der Waals surface area (Å²) in [6.45, 7) is 4.78. The predicted molar refractivity (Wildman–Crippen MR) is 120 cm³/mol. The minimum atomic E-state index is -0.118. The van der Waals surface area contributed by atoms with Crippen molar-refractivity contribution < 1.29 is 9.53 Å². The van der Waals surface area contributed by atoms with Crippen LogP contribution in [0.3, 0.4) is 0 Å². The Labute approximate surface area is 181 Å². The summed E-state index contributed by atoms with van der Waals surface area (Å²) in [5, 5.41) is 4.26. The zero-order chi connectivity index (χ0) is 20.4. The second kappa shape index (κ2) is 8.49. The number of fused-ring (bicyclic) bond motifs is 1. The number of nitrogens with zero attached hydrogens (tertiary/aromatic N) is 3. The molecule has 4 aromatic rings. The quantitative estimate of drug-likeness (QED) is 0.369. The zero-order valence-electron chi connectivity index (χ0n) is 15.9. The van der Waals surface area contributed by atoms with Gasteiger partial charge >= 0.3 is 0 Å². The number of aromatic nitrogens is 2. The molecule has 0 spiro atoms. The van der Waals surface area contributed by atoms with E-state index in [1.165, 1.54) is 11.3 Å². The van der Waals surface area contributed by atoms with Crippen LogP contribution >= 0.6 is 34.3 Å². The van der Waals surface area contributed by atoms with Crippen molar-refractivity contribution in [2.75, 3.05) is 11.4 Å². The van der Waals surface area contributed by atoms with E-state index < -0.39 is 0 Å². The van der Waals surface area contributed by atoms with E-state index in [1.54, 1.807) is 28.4 Å². The summed E-state index contributed by atoms with van der Waals surface area (Å²) in [5.74, 6) is 0.515. The van der Waals surface area contributed by atoms with Crippen LogP contribution < -0.4 is 9.64 Å². The van der Waals surface area contributed by atoms with E-state index in [2.05, 4.69) is 9.97 Å². The van der Waals surface area contributed by atoms with Crippen molar-refractivity contribution in [1.82, 2.24) is 9.97 Å². The minimum Gasteiger partial charge on any atom is -0.487 e. The van der Waals surface area contributed by atoms with Gasteiger partial charge < -0.3 is 4.74 Å². The van der Waals surface area contributed by atoms with Crippen molar-refractivity contribution in [2.45, 2.75) is 20.5 Å². The molecule has 0 fully saturated rings. The van der Waals surface area contributed by atoms with Crippen molar-refractivity contribution in [3.63, 3.8) is 0 Å². The van der Waals surface area contributed by atoms with E-state index in [9.17, 15) is 4.79 Å². The first-order valence-electron chi connectivity index (χ1n) is 9.05. The van der Waals surface area contributed by atoms with Gasteiger partial charge in [0, 0.05) is 22.5 Å². The van der Waals surface area contributed by atoms with Crippen LogP contribution in [0.5, 0.6) is 5.75 Å². The smallest absolute Gasteiger partial charge is 0.260 e.